The Bertz CT molecular complexity index is 184. The van der Waals surface area contributed by atoms with Crippen LogP contribution in [0.4, 0.5) is 0 Å². The average Bonchev–Trinajstić information content (AvgIpc) is 1.84. The van der Waals surface area contributed by atoms with E-state index in [1.54, 1.807) is 0 Å². The minimum Gasteiger partial charge on any atom is -0.462 e. The van der Waals surface area contributed by atoms with Crippen molar-refractivity contribution >= 4 is 40.8 Å². The van der Waals surface area contributed by atoms with E-state index in [1.807, 2.05) is 6.92 Å². The third-order valence-electron chi connectivity index (χ3n) is 0.993. The highest BCUT2D eigenvalue weighted by atomic mass is 35.6. The molecule has 0 bridgehead atoms. The molecule has 2 nitrogen and oxygen atoms in total. The van der Waals surface area contributed by atoms with Gasteiger partial charge in [0.2, 0.25) is 0 Å². The molecule has 0 rings (SSSR count). The van der Waals surface area contributed by atoms with Gasteiger partial charge in [-0.3, -0.25) is 0 Å². The van der Waals surface area contributed by atoms with E-state index in [-0.39, 0.29) is 6.61 Å². The summed E-state index contributed by atoms with van der Waals surface area (Å²) in [6.07, 6.45) is 0.576. The lowest BCUT2D eigenvalue weighted by Crippen LogP contribution is -2.22. The molecule has 12 heavy (non-hydrogen) atoms. The summed E-state index contributed by atoms with van der Waals surface area (Å²) in [5.41, 5.74) is 0.909. The van der Waals surface area contributed by atoms with Crippen molar-refractivity contribution in [1.29, 1.82) is 0 Å². The van der Waals surface area contributed by atoms with Crippen LogP contribution >= 0.6 is 34.8 Å². The zero-order chi connectivity index (χ0) is 9.78. The molecule has 0 N–H and O–H groups in total. The predicted octanol–water partition coefficient (Wildman–Crippen LogP) is 2.87. The smallest absolute Gasteiger partial charge is 0.358 e. The van der Waals surface area contributed by atoms with Crippen LogP contribution in [0.1, 0.15) is 13.3 Å². The highest BCUT2D eigenvalue weighted by Crippen LogP contribution is 2.27. The molecule has 70 valence electrons. The molecule has 0 aliphatic heterocycles. The number of halogens is 3. The molecule has 0 radical (unpaired) electrons. The molecule has 0 aliphatic carbocycles. The van der Waals surface area contributed by atoms with E-state index in [0.717, 1.165) is 5.57 Å². The van der Waals surface area contributed by atoms with E-state index in [1.165, 1.54) is 0 Å². The topological polar surface area (TPSA) is 26.3 Å². The lowest BCUT2D eigenvalue weighted by atomic mass is 10.3. The van der Waals surface area contributed by atoms with Crippen LogP contribution in [0, 0.1) is 0 Å². The van der Waals surface area contributed by atoms with Gasteiger partial charge in [0.1, 0.15) is 0 Å². The van der Waals surface area contributed by atoms with E-state index in [4.69, 9.17) is 34.8 Å². The van der Waals surface area contributed by atoms with E-state index in [0.29, 0.717) is 6.42 Å². The van der Waals surface area contributed by atoms with Crippen LogP contribution in [0.15, 0.2) is 12.2 Å². The third-order valence-corrected chi connectivity index (χ3v) is 1.46. The molecular formula is C7H9Cl3O2. The van der Waals surface area contributed by atoms with Gasteiger partial charge in [-0.25, -0.2) is 4.79 Å². The van der Waals surface area contributed by atoms with Crippen molar-refractivity contribution in [2.24, 2.45) is 0 Å². The first-order valence-corrected chi connectivity index (χ1v) is 4.35. The number of esters is 1. The quantitative estimate of drug-likeness (QED) is 0.424. The van der Waals surface area contributed by atoms with Crippen molar-refractivity contribution in [3.05, 3.63) is 12.2 Å². The van der Waals surface area contributed by atoms with E-state index < -0.39 is 9.76 Å². The van der Waals surface area contributed by atoms with Gasteiger partial charge in [-0.15, -0.1) is 6.58 Å². The van der Waals surface area contributed by atoms with Crippen molar-refractivity contribution < 1.29 is 9.53 Å². The molecule has 0 aromatic carbocycles. The largest absolute Gasteiger partial charge is 0.462 e. The van der Waals surface area contributed by atoms with Gasteiger partial charge in [0, 0.05) is 6.42 Å². The molecule has 0 saturated carbocycles. The van der Waals surface area contributed by atoms with Crippen LogP contribution in [0.2, 0.25) is 0 Å². The van der Waals surface area contributed by atoms with Crippen LogP contribution in [0.5, 0.6) is 0 Å². The number of rotatable bonds is 3. The Hall–Kier alpha value is 0.0800. The van der Waals surface area contributed by atoms with Gasteiger partial charge in [0.05, 0.1) is 6.61 Å². The zero-order valence-corrected chi connectivity index (χ0v) is 8.84. The second kappa shape index (κ2) is 4.95. The van der Waals surface area contributed by atoms with Gasteiger partial charge in [0.15, 0.2) is 0 Å². The van der Waals surface area contributed by atoms with E-state index in [9.17, 15) is 4.79 Å². The molecule has 0 saturated heterocycles. The molecular weight excluding hydrogens is 222 g/mol. The van der Waals surface area contributed by atoms with Gasteiger partial charge in [-0.1, -0.05) is 40.4 Å². The number of carbonyl (C=O) groups excluding carboxylic acids is 1. The third kappa shape index (κ3) is 5.70. The van der Waals surface area contributed by atoms with Crippen LogP contribution in [-0.2, 0) is 9.53 Å². The first-order valence-electron chi connectivity index (χ1n) is 3.22. The monoisotopic (exact) mass is 230 g/mol. The SMILES string of the molecule is C=C(C)CCOC(=O)C(Cl)(Cl)Cl. The molecule has 0 aromatic heterocycles. The minimum atomic E-state index is -1.98. The first-order chi connectivity index (χ1) is 5.34. The van der Waals surface area contributed by atoms with Crippen molar-refractivity contribution in [2.75, 3.05) is 6.61 Å². The number of ether oxygens (including phenoxy) is 1. The Morgan fingerprint density at radius 1 is 1.50 bits per heavy atom. The Labute approximate surface area is 86.4 Å². The molecule has 0 spiro atoms. The van der Waals surface area contributed by atoms with Crippen molar-refractivity contribution in [1.82, 2.24) is 0 Å². The maximum atomic E-state index is 10.8. The van der Waals surface area contributed by atoms with Crippen LogP contribution in [-0.4, -0.2) is 16.4 Å². The molecule has 0 heterocycles. The second-order valence-corrected chi connectivity index (χ2v) is 4.62. The lowest BCUT2D eigenvalue weighted by molar-refractivity contribution is -0.142. The number of alkyl halides is 3. The van der Waals surface area contributed by atoms with Crippen molar-refractivity contribution in [3.8, 4) is 0 Å². The summed E-state index contributed by atoms with van der Waals surface area (Å²) in [6, 6.07) is 0. The Morgan fingerprint density at radius 2 is 2.00 bits per heavy atom. The highest BCUT2D eigenvalue weighted by Gasteiger charge is 2.32. The summed E-state index contributed by atoms with van der Waals surface area (Å²) in [6.45, 7) is 5.64. The number of carbonyl (C=O) groups is 1. The summed E-state index contributed by atoms with van der Waals surface area (Å²) in [4.78, 5) is 10.8. The highest BCUT2D eigenvalue weighted by molar-refractivity contribution is 6.75. The van der Waals surface area contributed by atoms with E-state index in [2.05, 4.69) is 11.3 Å². The first kappa shape index (κ1) is 12.1. The van der Waals surface area contributed by atoms with Crippen molar-refractivity contribution in [2.45, 2.75) is 17.1 Å². The van der Waals surface area contributed by atoms with Gasteiger partial charge in [-0.2, -0.15) is 0 Å². The van der Waals surface area contributed by atoms with Crippen LogP contribution in [0.3, 0.4) is 0 Å². The Kier molecular flexibility index (Phi) is 4.98. The minimum absolute atomic E-state index is 0.197. The summed E-state index contributed by atoms with van der Waals surface area (Å²) in [5, 5.41) is 0. The lowest BCUT2D eigenvalue weighted by Gasteiger charge is -2.09. The Balaban J connectivity index is 3.66. The van der Waals surface area contributed by atoms with Gasteiger partial charge < -0.3 is 4.74 Å². The van der Waals surface area contributed by atoms with Gasteiger partial charge in [0.25, 0.3) is 3.79 Å². The molecule has 0 fully saturated rings. The molecule has 0 unspecified atom stereocenters. The van der Waals surface area contributed by atoms with Crippen molar-refractivity contribution in [3.63, 3.8) is 0 Å². The summed E-state index contributed by atoms with van der Waals surface area (Å²) in [7, 11) is 0. The molecule has 0 aliphatic rings. The fourth-order valence-corrected chi connectivity index (χ4v) is 0.563. The number of hydrogen-bond acceptors (Lipinski definition) is 2. The maximum absolute atomic E-state index is 10.8. The van der Waals surface area contributed by atoms with Gasteiger partial charge in [-0.05, 0) is 6.92 Å². The summed E-state index contributed by atoms with van der Waals surface area (Å²) in [5.74, 6) is -0.853. The predicted molar refractivity (Wildman–Crippen MR) is 50.7 cm³/mol. The fraction of sp³-hybridized carbons (Fsp3) is 0.571. The zero-order valence-electron chi connectivity index (χ0n) is 6.57. The summed E-state index contributed by atoms with van der Waals surface area (Å²) >= 11 is 15.7. The summed E-state index contributed by atoms with van der Waals surface area (Å²) < 4.78 is 2.64. The number of hydrogen-bond donors (Lipinski definition) is 0. The molecule has 0 aromatic rings. The van der Waals surface area contributed by atoms with Gasteiger partial charge >= 0.3 is 5.97 Å². The molecule has 5 heteroatoms. The fourth-order valence-electron chi connectivity index (χ4n) is 0.400. The second-order valence-electron chi connectivity index (χ2n) is 2.34. The Morgan fingerprint density at radius 3 is 2.33 bits per heavy atom. The van der Waals surface area contributed by atoms with Crippen LogP contribution in [0.25, 0.3) is 0 Å². The molecule has 0 atom stereocenters. The standard InChI is InChI=1S/C7H9Cl3O2/c1-5(2)3-4-12-6(11)7(8,9)10/h1,3-4H2,2H3. The normalized spacial score (nSPS) is 11.0. The molecule has 0 amide bonds. The van der Waals surface area contributed by atoms with E-state index >= 15 is 0 Å². The van der Waals surface area contributed by atoms with Crippen LogP contribution < -0.4 is 0 Å². The average molecular weight is 232 g/mol. The maximum Gasteiger partial charge on any atom is 0.358 e.